The lowest BCUT2D eigenvalue weighted by molar-refractivity contribution is -0.146. The Kier molecular flexibility index (Phi) is 5.84. The van der Waals surface area contributed by atoms with Crippen molar-refractivity contribution in [1.29, 1.82) is 0 Å². The first-order chi connectivity index (χ1) is 13.2. The van der Waals surface area contributed by atoms with Gasteiger partial charge in [0.05, 0.1) is 6.04 Å². The zero-order chi connectivity index (χ0) is 20.5. The van der Waals surface area contributed by atoms with Gasteiger partial charge in [0.25, 0.3) is 0 Å². The van der Waals surface area contributed by atoms with Crippen LogP contribution >= 0.6 is 11.6 Å². The van der Waals surface area contributed by atoms with Crippen molar-refractivity contribution in [3.63, 3.8) is 0 Å². The summed E-state index contributed by atoms with van der Waals surface area (Å²) < 4.78 is 2.18. The highest BCUT2D eigenvalue weighted by molar-refractivity contribution is 6.30. The smallest absolute Gasteiger partial charge is 0.243 e. The molecule has 0 fully saturated rings. The largest absolute Gasteiger partial charge is 0.348 e. The van der Waals surface area contributed by atoms with E-state index in [-0.39, 0.29) is 24.4 Å². The second-order valence-electron chi connectivity index (χ2n) is 8.17. The molecule has 2 aromatic rings. The number of carbonyl (C=O) groups excluding carboxylic acids is 2. The summed E-state index contributed by atoms with van der Waals surface area (Å²) in [6.45, 7) is 9.15. The van der Waals surface area contributed by atoms with Crippen LogP contribution in [0.15, 0.2) is 42.6 Å². The van der Waals surface area contributed by atoms with Crippen molar-refractivity contribution >= 4 is 23.4 Å². The molecule has 1 atom stereocenters. The average molecular weight is 402 g/mol. The Morgan fingerprint density at radius 3 is 2.43 bits per heavy atom. The van der Waals surface area contributed by atoms with E-state index in [1.165, 1.54) is 0 Å². The van der Waals surface area contributed by atoms with E-state index in [1.807, 2.05) is 69.1 Å². The van der Waals surface area contributed by atoms with Crippen molar-refractivity contribution in [2.45, 2.75) is 52.2 Å². The quantitative estimate of drug-likeness (QED) is 0.773. The zero-order valence-electron chi connectivity index (χ0n) is 17.0. The van der Waals surface area contributed by atoms with Crippen molar-refractivity contribution in [3.8, 4) is 0 Å². The van der Waals surface area contributed by atoms with Gasteiger partial charge in [-0.25, -0.2) is 0 Å². The summed E-state index contributed by atoms with van der Waals surface area (Å²) in [6, 6.07) is 11.5. The Hall–Kier alpha value is -2.27. The molecule has 1 aromatic carbocycles. The fraction of sp³-hybridized carbons (Fsp3) is 0.455. The van der Waals surface area contributed by atoms with Gasteiger partial charge in [-0.2, -0.15) is 0 Å². The van der Waals surface area contributed by atoms with Crippen LogP contribution in [0.4, 0.5) is 0 Å². The van der Waals surface area contributed by atoms with Crippen LogP contribution in [0.5, 0.6) is 0 Å². The first-order valence-corrected chi connectivity index (χ1v) is 10.1. The number of hydrogen-bond donors (Lipinski definition) is 0. The Morgan fingerprint density at radius 2 is 1.82 bits per heavy atom. The molecule has 0 saturated carbocycles. The first kappa shape index (κ1) is 20.5. The molecule has 1 aromatic heterocycles. The molecule has 150 valence electrons. The fourth-order valence-corrected chi connectivity index (χ4v) is 3.89. The third kappa shape index (κ3) is 4.09. The minimum atomic E-state index is -0.408. The minimum Gasteiger partial charge on any atom is -0.348 e. The summed E-state index contributed by atoms with van der Waals surface area (Å²) in [5, 5.41) is 0.667. The summed E-state index contributed by atoms with van der Waals surface area (Å²) in [7, 11) is 0. The van der Waals surface area contributed by atoms with Gasteiger partial charge in [0.15, 0.2) is 0 Å². The maximum Gasteiger partial charge on any atom is 0.243 e. The summed E-state index contributed by atoms with van der Waals surface area (Å²) in [5.41, 5.74) is 1.68. The Morgan fingerprint density at radius 1 is 1.14 bits per heavy atom. The van der Waals surface area contributed by atoms with Gasteiger partial charge in [-0.05, 0) is 50.6 Å². The van der Waals surface area contributed by atoms with Crippen molar-refractivity contribution in [1.82, 2.24) is 14.4 Å². The molecule has 1 aliphatic heterocycles. The third-order valence-electron chi connectivity index (χ3n) is 5.25. The number of aromatic nitrogens is 1. The van der Waals surface area contributed by atoms with Crippen LogP contribution in [-0.2, 0) is 16.1 Å². The topological polar surface area (TPSA) is 45.6 Å². The number of fused-ring (bicyclic) bond motifs is 1. The van der Waals surface area contributed by atoms with Crippen molar-refractivity contribution < 1.29 is 9.59 Å². The molecular weight excluding hydrogens is 374 g/mol. The molecule has 0 bridgehead atoms. The Labute approximate surface area is 171 Å². The molecule has 0 N–H and O–H groups in total. The molecule has 6 heteroatoms. The molecule has 0 spiro atoms. The van der Waals surface area contributed by atoms with E-state index >= 15 is 0 Å². The summed E-state index contributed by atoms with van der Waals surface area (Å²) in [6.07, 6.45) is 2.43. The minimum absolute atomic E-state index is 0.00993. The van der Waals surface area contributed by atoms with Gasteiger partial charge in [0.2, 0.25) is 11.8 Å². The molecule has 0 saturated heterocycles. The number of nitrogens with zero attached hydrogens (tertiary/aromatic N) is 3. The highest BCUT2D eigenvalue weighted by atomic mass is 35.5. The van der Waals surface area contributed by atoms with Crippen LogP contribution in [0.2, 0.25) is 5.02 Å². The molecular formula is C22H28ClN3O2. The average Bonchev–Trinajstić information content (AvgIpc) is 3.13. The lowest BCUT2D eigenvalue weighted by Gasteiger charge is -2.41. The van der Waals surface area contributed by atoms with Crippen LogP contribution in [0.1, 0.15) is 51.4 Å². The maximum absolute atomic E-state index is 13.4. The maximum atomic E-state index is 13.4. The van der Waals surface area contributed by atoms with Gasteiger partial charge in [-0.3, -0.25) is 9.59 Å². The zero-order valence-corrected chi connectivity index (χ0v) is 17.7. The van der Waals surface area contributed by atoms with E-state index in [4.69, 9.17) is 11.6 Å². The molecule has 3 rings (SSSR count). The number of benzene rings is 1. The van der Waals surface area contributed by atoms with E-state index in [1.54, 1.807) is 4.90 Å². The van der Waals surface area contributed by atoms with Crippen LogP contribution in [0.25, 0.3) is 0 Å². The number of rotatable bonds is 4. The molecule has 28 heavy (non-hydrogen) atoms. The predicted octanol–water partition coefficient (Wildman–Crippen LogP) is 4.11. The van der Waals surface area contributed by atoms with Gasteiger partial charge in [0, 0.05) is 42.0 Å². The lowest BCUT2D eigenvalue weighted by atomic mass is 9.99. The van der Waals surface area contributed by atoms with Crippen molar-refractivity contribution in [3.05, 3.63) is 58.9 Å². The van der Waals surface area contributed by atoms with Crippen LogP contribution < -0.4 is 0 Å². The van der Waals surface area contributed by atoms with Crippen molar-refractivity contribution in [2.75, 3.05) is 13.1 Å². The van der Waals surface area contributed by atoms with Crippen molar-refractivity contribution in [2.24, 2.45) is 0 Å². The molecule has 2 amide bonds. The third-order valence-corrected chi connectivity index (χ3v) is 5.50. The second kappa shape index (κ2) is 8.00. The predicted molar refractivity (Wildman–Crippen MR) is 111 cm³/mol. The lowest BCUT2D eigenvalue weighted by Crippen LogP contribution is -2.53. The molecule has 2 heterocycles. The van der Waals surface area contributed by atoms with Crippen LogP contribution in [-0.4, -0.2) is 44.8 Å². The Balaban J connectivity index is 1.93. The SMILES string of the molecule is CCC(=O)N(CC(=O)N1CCn2cccc2C1c1ccc(Cl)cc1)C(C)(C)C. The highest BCUT2D eigenvalue weighted by Gasteiger charge is 2.35. The summed E-state index contributed by atoms with van der Waals surface area (Å²) >= 11 is 6.07. The number of hydrogen-bond acceptors (Lipinski definition) is 2. The van der Waals surface area contributed by atoms with E-state index in [9.17, 15) is 9.59 Å². The number of halogens is 1. The molecule has 1 aliphatic rings. The normalized spacial score (nSPS) is 16.6. The van der Waals surface area contributed by atoms with E-state index < -0.39 is 5.54 Å². The van der Waals surface area contributed by atoms with E-state index in [0.29, 0.717) is 18.0 Å². The molecule has 5 nitrogen and oxygen atoms in total. The summed E-state index contributed by atoms with van der Waals surface area (Å²) in [4.78, 5) is 29.4. The second-order valence-corrected chi connectivity index (χ2v) is 8.61. The molecule has 0 aliphatic carbocycles. The molecule has 1 unspecified atom stereocenters. The highest BCUT2D eigenvalue weighted by Crippen LogP contribution is 2.33. The summed E-state index contributed by atoms with van der Waals surface area (Å²) in [5.74, 6) is -0.0478. The molecule has 0 radical (unpaired) electrons. The Bertz CT molecular complexity index is 851. The van der Waals surface area contributed by atoms with Crippen LogP contribution in [0.3, 0.4) is 0 Å². The first-order valence-electron chi connectivity index (χ1n) is 9.73. The van der Waals surface area contributed by atoms with E-state index in [0.717, 1.165) is 17.8 Å². The monoisotopic (exact) mass is 401 g/mol. The van der Waals surface area contributed by atoms with Crippen LogP contribution in [0, 0.1) is 0 Å². The van der Waals surface area contributed by atoms with Gasteiger partial charge >= 0.3 is 0 Å². The number of amides is 2. The van der Waals surface area contributed by atoms with Gasteiger partial charge in [-0.1, -0.05) is 30.7 Å². The standard InChI is InChI=1S/C22H28ClN3O2/c1-5-19(27)26(22(2,3)4)15-20(28)25-14-13-24-12-6-7-18(24)21(25)16-8-10-17(23)11-9-16/h6-12,21H,5,13-15H2,1-4H3. The fourth-order valence-electron chi connectivity index (χ4n) is 3.76. The van der Waals surface area contributed by atoms with Gasteiger partial charge in [-0.15, -0.1) is 0 Å². The van der Waals surface area contributed by atoms with Gasteiger partial charge < -0.3 is 14.4 Å². The van der Waals surface area contributed by atoms with E-state index in [2.05, 4.69) is 10.6 Å². The van der Waals surface area contributed by atoms with Gasteiger partial charge in [0.1, 0.15) is 6.54 Å². The number of carbonyl (C=O) groups is 2.